The van der Waals surface area contributed by atoms with E-state index in [-0.39, 0.29) is 23.8 Å². The minimum Gasteiger partial charge on any atom is -0.485 e. The second-order valence-electron chi connectivity index (χ2n) is 9.00. The maximum absolute atomic E-state index is 15.2. The van der Waals surface area contributed by atoms with Crippen LogP contribution in [0.5, 0.6) is 11.6 Å². The third-order valence-corrected chi connectivity index (χ3v) is 6.75. The van der Waals surface area contributed by atoms with Gasteiger partial charge < -0.3 is 14.6 Å². The molecule has 2 aliphatic rings. The van der Waals surface area contributed by atoms with E-state index in [1.165, 1.54) is 19.2 Å². The molecule has 1 N–H and O–H groups in total. The Balaban J connectivity index is 1.40. The van der Waals surface area contributed by atoms with Crippen LogP contribution >= 0.6 is 0 Å². The fourth-order valence-corrected chi connectivity index (χ4v) is 4.79. The molecule has 5 nitrogen and oxygen atoms in total. The van der Waals surface area contributed by atoms with E-state index >= 15 is 4.39 Å². The minimum atomic E-state index is -0.807. The van der Waals surface area contributed by atoms with Crippen molar-refractivity contribution >= 4 is 5.97 Å². The van der Waals surface area contributed by atoms with Crippen LogP contribution in [0.2, 0.25) is 0 Å². The molecule has 1 fully saturated rings. The molecule has 2 aromatic carbocycles. The van der Waals surface area contributed by atoms with Gasteiger partial charge in [0.25, 0.3) is 0 Å². The third-order valence-electron chi connectivity index (χ3n) is 6.75. The number of hydrogen-bond acceptors (Lipinski definition) is 4. The van der Waals surface area contributed by atoms with E-state index in [2.05, 4.69) is 4.98 Å². The Kier molecular flexibility index (Phi) is 5.94. The van der Waals surface area contributed by atoms with E-state index in [4.69, 9.17) is 9.47 Å². The summed E-state index contributed by atoms with van der Waals surface area (Å²) in [7, 11) is 1.44. The van der Waals surface area contributed by atoms with E-state index < -0.39 is 23.7 Å². The predicted molar refractivity (Wildman–Crippen MR) is 122 cm³/mol. The molecule has 2 atom stereocenters. The van der Waals surface area contributed by atoms with Gasteiger partial charge in [0, 0.05) is 17.2 Å². The maximum Gasteiger partial charge on any atom is 0.303 e. The number of methoxy groups -OCH3 is 1. The van der Waals surface area contributed by atoms with Gasteiger partial charge in [-0.3, -0.25) is 4.79 Å². The molecule has 7 heteroatoms. The van der Waals surface area contributed by atoms with Gasteiger partial charge in [-0.15, -0.1) is 0 Å². The summed E-state index contributed by atoms with van der Waals surface area (Å²) in [6.45, 7) is 0. The number of carboxylic acid groups (broad SMARTS) is 1. The fraction of sp³-hybridized carbons (Fsp3) is 0.333. The highest BCUT2D eigenvalue weighted by molar-refractivity contribution is 5.68. The minimum absolute atomic E-state index is 0.0324. The van der Waals surface area contributed by atoms with Gasteiger partial charge in [-0.05, 0) is 66.3 Å². The summed E-state index contributed by atoms with van der Waals surface area (Å²) in [5.74, 6) is -0.553. The number of aryl methyl sites for hydroxylation is 1. The Bertz CT molecular complexity index is 1240. The lowest BCUT2D eigenvalue weighted by Crippen LogP contribution is -2.17. The van der Waals surface area contributed by atoms with Crippen molar-refractivity contribution in [3.63, 3.8) is 0 Å². The van der Waals surface area contributed by atoms with Gasteiger partial charge in [0.05, 0.1) is 19.7 Å². The number of ether oxygens (including phenoxy) is 2. The molecular formula is C27H25F2NO4. The zero-order valence-corrected chi connectivity index (χ0v) is 18.8. The highest BCUT2D eigenvalue weighted by Gasteiger charge is 2.34. The summed E-state index contributed by atoms with van der Waals surface area (Å²) in [6.07, 6.45) is 4.09. The van der Waals surface area contributed by atoms with Crippen LogP contribution in [0.3, 0.4) is 0 Å². The quantitative estimate of drug-likeness (QED) is 0.459. The van der Waals surface area contributed by atoms with Gasteiger partial charge in [0.2, 0.25) is 5.88 Å². The lowest BCUT2D eigenvalue weighted by atomic mass is 9.88. The SMILES string of the molecule is COc1cc(-c2ccc(C3CCc4ccc([C@@H](CC(=O)O)C5CC5)cc4O3)c(F)c2)c(F)cn1. The summed E-state index contributed by atoms with van der Waals surface area (Å²) in [5, 5.41) is 9.33. The van der Waals surface area contributed by atoms with Crippen molar-refractivity contribution in [2.75, 3.05) is 7.11 Å². The first kappa shape index (κ1) is 22.3. The van der Waals surface area contributed by atoms with Crippen LogP contribution in [0.15, 0.2) is 48.7 Å². The number of rotatable bonds is 7. The Labute approximate surface area is 196 Å². The van der Waals surface area contributed by atoms with E-state index in [1.54, 1.807) is 12.1 Å². The Morgan fingerprint density at radius 2 is 1.97 bits per heavy atom. The van der Waals surface area contributed by atoms with Crippen LogP contribution in [0.1, 0.15) is 54.4 Å². The molecule has 1 aliphatic carbocycles. The predicted octanol–water partition coefficient (Wildman–Crippen LogP) is 6.07. The number of aromatic nitrogens is 1. The fourth-order valence-electron chi connectivity index (χ4n) is 4.79. The molecule has 176 valence electrons. The third kappa shape index (κ3) is 4.47. The highest BCUT2D eigenvalue weighted by atomic mass is 19.1. The molecule has 3 aromatic rings. The van der Waals surface area contributed by atoms with Crippen LogP contribution in [0.4, 0.5) is 8.78 Å². The monoisotopic (exact) mass is 465 g/mol. The Morgan fingerprint density at radius 3 is 2.68 bits per heavy atom. The van der Waals surface area contributed by atoms with Gasteiger partial charge in [0.1, 0.15) is 23.5 Å². The van der Waals surface area contributed by atoms with Crippen molar-refractivity contribution in [3.8, 4) is 22.8 Å². The molecular weight excluding hydrogens is 440 g/mol. The molecule has 5 rings (SSSR count). The first-order valence-corrected chi connectivity index (χ1v) is 11.4. The van der Waals surface area contributed by atoms with Gasteiger partial charge in [-0.2, -0.15) is 0 Å². The molecule has 1 saturated carbocycles. The number of hydrogen-bond donors (Lipinski definition) is 1. The van der Waals surface area contributed by atoms with E-state index in [0.29, 0.717) is 29.2 Å². The number of nitrogens with zero attached hydrogens (tertiary/aromatic N) is 1. The van der Waals surface area contributed by atoms with Crippen molar-refractivity contribution in [2.24, 2.45) is 5.92 Å². The molecule has 0 bridgehead atoms. The summed E-state index contributed by atoms with van der Waals surface area (Å²) in [6, 6.07) is 12.0. The summed E-state index contributed by atoms with van der Waals surface area (Å²) in [4.78, 5) is 15.2. The van der Waals surface area contributed by atoms with Gasteiger partial charge in [0.15, 0.2) is 0 Å². The second-order valence-corrected chi connectivity index (χ2v) is 9.00. The largest absolute Gasteiger partial charge is 0.485 e. The first-order chi connectivity index (χ1) is 16.4. The van der Waals surface area contributed by atoms with Gasteiger partial charge >= 0.3 is 5.97 Å². The van der Waals surface area contributed by atoms with Crippen LogP contribution in [-0.4, -0.2) is 23.2 Å². The molecule has 1 aliphatic heterocycles. The van der Waals surface area contributed by atoms with Crippen molar-refractivity contribution in [1.82, 2.24) is 4.98 Å². The molecule has 0 radical (unpaired) electrons. The number of fused-ring (bicyclic) bond motifs is 1. The van der Waals surface area contributed by atoms with Gasteiger partial charge in [-0.25, -0.2) is 13.8 Å². The number of benzene rings is 2. The molecule has 34 heavy (non-hydrogen) atoms. The first-order valence-electron chi connectivity index (χ1n) is 11.4. The van der Waals surface area contributed by atoms with Crippen molar-refractivity contribution in [1.29, 1.82) is 0 Å². The summed E-state index contributed by atoms with van der Waals surface area (Å²) >= 11 is 0. The normalized spacial score (nSPS) is 18.0. The van der Waals surface area contributed by atoms with Crippen LogP contribution in [0.25, 0.3) is 11.1 Å². The number of halogens is 2. The molecule has 2 heterocycles. The zero-order valence-electron chi connectivity index (χ0n) is 18.8. The molecule has 0 amide bonds. The number of carboxylic acids is 1. The topological polar surface area (TPSA) is 68.7 Å². The Morgan fingerprint density at radius 1 is 1.15 bits per heavy atom. The number of carbonyl (C=O) groups is 1. The van der Waals surface area contributed by atoms with Crippen LogP contribution < -0.4 is 9.47 Å². The van der Waals surface area contributed by atoms with Crippen molar-refractivity contribution in [2.45, 2.75) is 44.1 Å². The van der Waals surface area contributed by atoms with Crippen LogP contribution in [-0.2, 0) is 11.2 Å². The maximum atomic E-state index is 15.2. The van der Waals surface area contributed by atoms with E-state index in [1.807, 2.05) is 18.2 Å². The molecule has 0 saturated heterocycles. The van der Waals surface area contributed by atoms with E-state index in [9.17, 15) is 14.3 Å². The standard InChI is InChI=1S/C27H25F2NO4/c1-33-26-12-21(23(29)14-30-26)17-6-8-19(22(28)10-17)24-9-7-16-4-5-18(11-25(16)34-24)20(13-27(31)32)15-2-3-15/h4-6,8,10-12,14-15,20,24H,2-3,7,9,13H2,1H3,(H,31,32)/t20-,24?/m0/s1. The second kappa shape index (κ2) is 9.05. The highest BCUT2D eigenvalue weighted by Crippen LogP contribution is 2.46. The van der Waals surface area contributed by atoms with Crippen LogP contribution in [0, 0.1) is 17.6 Å². The molecule has 0 spiro atoms. The van der Waals surface area contributed by atoms with Crippen molar-refractivity contribution in [3.05, 3.63) is 77.0 Å². The van der Waals surface area contributed by atoms with E-state index in [0.717, 1.165) is 36.6 Å². The van der Waals surface area contributed by atoms with Crippen molar-refractivity contribution < 1.29 is 28.2 Å². The number of aliphatic carboxylic acids is 1. The summed E-state index contributed by atoms with van der Waals surface area (Å²) < 4.78 is 40.7. The summed E-state index contributed by atoms with van der Waals surface area (Å²) in [5.41, 5.74) is 3.00. The average Bonchev–Trinajstić information content (AvgIpc) is 3.67. The molecule has 1 unspecified atom stereocenters. The zero-order chi connectivity index (χ0) is 23.8. The lowest BCUT2D eigenvalue weighted by Gasteiger charge is -2.28. The smallest absolute Gasteiger partial charge is 0.303 e. The Hall–Kier alpha value is -3.48. The molecule has 1 aromatic heterocycles. The average molecular weight is 465 g/mol. The lowest BCUT2D eigenvalue weighted by molar-refractivity contribution is -0.137. The van der Waals surface area contributed by atoms with Gasteiger partial charge in [-0.1, -0.05) is 24.3 Å². The number of pyridine rings is 1.